The number of nitrogens with zero attached hydrogens (tertiary/aromatic N) is 1. The van der Waals surface area contributed by atoms with Gasteiger partial charge in [0, 0.05) is 36.5 Å². The number of unbranched alkanes of at least 4 members (excludes halogenated alkanes) is 1. The normalized spacial score (nSPS) is 13.7. The van der Waals surface area contributed by atoms with Crippen LogP contribution in [0.25, 0.3) is 10.9 Å². The van der Waals surface area contributed by atoms with Gasteiger partial charge >= 0.3 is 5.97 Å². The van der Waals surface area contributed by atoms with Gasteiger partial charge in [-0.1, -0.05) is 18.2 Å². The first-order valence-corrected chi connectivity index (χ1v) is 14.4. The highest BCUT2D eigenvalue weighted by Crippen LogP contribution is 2.19. The third-order valence-electron chi connectivity index (χ3n) is 6.91. The van der Waals surface area contributed by atoms with Gasteiger partial charge in [0.1, 0.15) is 18.1 Å². The van der Waals surface area contributed by atoms with E-state index in [4.69, 9.17) is 28.7 Å². The zero-order valence-corrected chi connectivity index (χ0v) is 24.6. The number of aliphatic carboxylic acids is 1. The minimum absolute atomic E-state index is 0.00246. The van der Waals surface area contributed by atoms with Crippen LogP contribution in [0.5, 0.6) is 0 Å². The first-order chi connectivity index (χ1) is 20.9. The summed E-state index contributed by atoms with van der Waals surface area (Å²) in [6, 6.07) is 2.63. The number of benzene rings is 1. The quantitative estimate of drug-likeness (QED) is 0.0444. The van der Waals surface area contributed by atoms with Crippen LogP contribution in [0.3, 0.4) is 0 Å². The molecule has 4 unspecified atom stereocenters. The summed E-state index contributed by atoms with van der Waals surface area (Å²) in [6.07, 6.45) is 3.09. The Labute approximate surface area is 254 Å². The Bertz CT molecular complexity index is 1310. The first kappa shape index (κ1) is 35.5. The zero-order chi connectivity index (χ0) is 32.6. The molecule has 0 aliphatic heterocycles. The van der Waals surface area contributed by atoms with E-state index in [0.29, 0.717) is 31.4 Å². The van der Waals surface area contributed by atoms with Crippen LogP contribution in [0.1, 0.15) is 50.5 Å². The second kappa shape index (κ2) is 18.1. The predicted octanol–water partition coefficient (Wildman–Crippen LogP) is -1.98. The van der Waals surface area contributed by atoms with Gasteiger partial charge in [0.25, 0.3) is 0 Å². The number of carbonyl (C=O) groups excluding carboxylic acids is 4. The number of hydrogen-bond acceptors (Lipinski definition) is 8. The average molecular weight is 617 g/mol. The number of H-pyrrole nitrogens is 1. The maximum atomic E-state index is 13.5. The molecule has 0 spiro atoms. The van der Waals surface area contributed by atoms with Gasteiger partial charge in [0.15, 0.2) is 5.96 Å². The van der Waals surface area contributed by atoms with E-state index in [9.17, 15) is 29.1 Å². The fourth-order valence-corrected chi connectivity index (χ4v) is 4.51. The second-order valence-electron chi connectivity index (χ2n) is 10.4. The Morgan fingerprint density at radius 3 is 2.16 bits per heavy atom. The molecular weight excluding hydrogens is 572 g/mol. The number of carbonyl (C=O) groups is 5. The number of rotatable bonds is 20. The van der Waals surface area contributed by atoms with Crippen LogP contribution < -0.4 is 44.6 Å². The lowest BCUT2D eigenvalue weighted by Gasteiger charge is -2.25. The molecule has 44 heavy (non-hydrogen) atoms. The molecule has 4 atom stereocenters. The van der Waals surface area contributed by atoms with E-state index in [1.807, 2.05) is 24.3 Å². The molecular formula is C28H44N10O6. The maximum absolute atomic E-state index is 13.5. The molecule has 16 nitrogen and oxygen atoms in total. The molecule has 2 rings (SSSR count). The monoisotopic (exact) mass is 616 g/mol. The third kappa shape index (κ3) is 11.9. The number of aliphatic imine (C=N–C) groups is 1. The number of carboxylic acids is 1. The lowest BCUT2D eigenvalue weighted by atomic mass is 10.0. The van der Waals surface area contributed by atoms with Gasteiger partial charge in [0.05, 0.1) is 6.04 Å². The highest BCUT2D eigenvalue weighted by molar-refractivity contribution is 5.95. The molecule has 4 amide bonds. The van der Waals surface area contributed by atoms with E-state index in [2.05, 4.69) is 25.9 Å². The van der Waals surface area contributed by atoms with Crippen LogP contribution in [0, 0.1) is 0 Å². The largest absolute Gasteiger partial charge is 0.480 e. The lowest BCUT2D eigenvalue weighted by molar-refractivity contribution is -0.142. The van der Waals surface area contributed by atoms with Gasteiger partial charge in [-0.25, -0.2) is 4.79 Å². The molecule has 0 saturated heterocycles. The third-order valence-corrected chi connectivity index (χ3v) is 6.91. The summed E-state index contributed by atoms with van der Waals surface area (Å²) in [5.74, 6) is -4.20. The van der Waals surface area contributed by atoms with E-state index in [-0.39, 0.29) is 44.6 Å². The number of para-hydroxylation sites is 1. The highest BCUT2D eigenvalue weighted by atomic mass is 16.4. The molecule has 2 aromatic rings. The van der Waals surface area contributed by atoms with Gasteiger partial charge in [-0.15, -0.1) is 0 Å². The molecule has 242 valence electrons. The van der Waals surface area contributed by atoms with Gasteiger partial charge in [-0.05, 0) is 56.7 Å². The maximum Gasteiger partial charge on any atom is 0.326 e. The number of primary amides is 1. The summed E-state index contributed by atoms with van der Waals surface area (Å²) in [6.45, 7) is 0.626. The molecule has 1 aromatic heterocycles. The highest BCUT2D eigenvalue weighted by Gasteiger charge is 2.31. The Balaban J connectivity index is 2.26. The van der Waals surface area contributed by atoms with Crippen LogP contribution in [0.4, 0.5) is 0 Å². The number of amides is 4. The van der Waals surface area contributed by atoms with Crippen molar-refractivity contribution in [3.05, 3.63) is 36.0 Å². The molecule has 16 heteroatoms. The smallest absolute Gasteiger partial charge is 0.326 e. The summed E-state index contributed by atoms with van der Waals surface area (Å²) in [5, 5.41) is 18.2. The number of nitrogens with one attached hydrogen (secondary N) is 4. The number of fused-ring (bicyclic) bond motifs is 1. The molecule has 0 fully saturated rings. The molecule has 0 radical (unpaired) electrons. The Hall–Kier alpha value is -4.70. The van der Waals surface area contributed by atoms with Crippen molar-refractivity contribution >= 4 is 46.5 Å². The molecule has 0 bridgehead atoms. The molecule has 1 heterocycles. The lowest BCUT2D eigenvalue weighted by Crippen LogP contribution is -2.57. The first-order valence-electron chi connectivity index (χ1n) is 14.4. The van der Waals surface area contributed by atoms with Crippen molar-refractivity contribution in [2.75, 3.05) is 13.1 Å². The van der Waals surface area contributed by atoms with Crippen LogP contribution in [-0.2, 0) is 30.4 Å². The van der Waals surface area contributed by atoms with E-state index in [1.54, 1.807) is 6.20 Å². The standard InChI is InChI=1S/C28H44N10O6/c29-12-4-3-9-21(27(43)44)37-26(42)22(14-16-15-35-19-8-2-1-6-17(16)19)38-25(41)20(10-11-23(31)39)36-24(40)18(30)7-5-13-34-28(32)33/h1-2,6,8,15,18,20-22,35H,3-5,7,9-14,29-30H2,(H2,31,39)(H,36,40)(H,37,42)(H,38,41)(H,43,44)(H4,32,33,34). The summed E-state index contributed by atoms with van der Waals surface area (Å²) in [7, 11) is 0. The molecule has 0 saturated carbocycles. The average Bonchev–Trinajstić information content (AvgIpc) is 3.38. The topological polar surface area (TPSA) is 300 Å². The van der Waals surface area contributed by atoms with Crippen LogP contribution in [-0.4, -0.2) is 82.9 Å². The number of nitrogens with two attached hydrogens (primary N) is 5. The van der Waals surface area contributed by atoms with Crippen molar-refractivity contribution in [2.24, 2.45) is 33.7 Å². The van der Waals surface area contributed by atoms with Crippen molar-refractivity contribution in [3.63, 3.8) is 0 Å². The van der Waals surface area contributed by atoms with E-state index in [0.717, 1.165) is 10.9 Å². The predicted molar refractivity (Wildman–Crippen MR) is 165 cm³/mol. The van der Waals surface area contributed by atoms with Crippen molar-refractivity contribution < 1.29 is 29.1 Å². The van der Waals surface area contributed by atoms with Gasteiger partial charge in [-0.2, -0.15) is 0 Å². The van der Waals surface area contributed by atoms with E-state index < -0.39 is 53.8 Å². The minimum Gasteiger partial charge on any atom is -0.480 e. The number of hydrogen-bond donors (Lipinski definition) is 10. The Morgan fingerprint density at radius 1 is 0.841 bits per heavy atom. The molecule has 0 aliphatic rings. The summed E-state index contributed by atoms with van der Waals surface area (Å²) in [5.41, 5.74) is 28.9. The van der Waals surface area contributed by atoms with Crippen molar-refractivity contribution in [2.45, 2.75) is 75.5 Å². The summed E-state index contributed by atoms with van der Waals surface area (Å²) >= 11 is 0. The molecule has 0 aliphatic carbocycles. The van der Waals surface area contributed by atoms with Crippen LogP contribution in [0.15, 0.2) is 35.5 Å². The van der Waals surface area contributed by atoms with Gasteiger partial charge in [-0.3, -0.25) is 24.2 Å². The summed E-state index contributed by atoms with van der Waals surface area (Å²) in [4.78, 5) is 70.1. The second-order valence-corrected chi connectivity index (χ2v) is 10.4. The molecule has 1 aromatic carbocycles. The Kier molecular flexibility index (Phi) is 14.6. The minimum atomic E-state index is -1.27. The van der Waals surface area contributed by atoms with Crippen molar-refractivity contribution in [1.29, 1.82) is 0 Å². The number of aromatic nitrogens is 1. The van der Waals surface area contributed by atoms with Crippen molar-refractivity contribution in [3.8, 4) is 0 Å². The van der Waals surface area contributed by atoms with E-state index in [1.165, 1.54) is 0 Å². The number of carboxylic acid groups (broad SMARTS) is 1. The van der Waals surface area contributed by atoms with Gasteiger partial charge < -0.3 is 54.7 Å². The SMILES string of the molecule is NCCCCC(NC(=O)C(Cc1c[nH]c2ccccc12)NC(=O)C(CCC(N)=O)NC(=O)C(N)CCCN=C(N)N)C(=O)O. The fraction of sp³-hybridized carbons (Fsp3) is 0.500. The van der Waals surface area contributed by atoms with Crippen LogP contribution in [0.2, 0.25) is 0 Å². The van der Waals surface area contributed by atoms with Crippen LogP contribution >= 0.6 is 0 Å². The summed E-state index contributed by atoms with van der Waals surface area (Å²) < 4.78 is 0. The Morgan fingerprint density at radius 2 is 1.50 bits per heavy atom. The number of aromatic amines is 1. The van der Waals surface area contributed by atoms with Crippen molar-refractivity contribution in [1.82, 2.24) is 20.9 Å². The fourth-order valence-electron chi connectivity index (χ4n) is 4.51. The zero-order valence-electron chi connectivity index (χ0n) is 24.6. The van der Waals surface area contributed by atoms with E-state index >= 15 is 0 Å². The number of guanidine groups is 1. The molecule has 15 N–H and O–H groups in total. The van der Waals surface area contributed by atoms with Gasteiger partial charge in [0.2, 0.25) is 23.6 Å².